The Balaban J connectivity index is 3.13. The highest BCUT2D eigenvalue weighted by atomic mass is 16.5. The predicted octanol–water partition coefficient (Wildman–Crippen LogP) is 4.98. The van der Waals surface area contributed by atoms with E-state index in [1.54, 1.807) is 0 Å². The van der Waals surface area contributed by atoms with Crippen molar-refractivity contribution < 1.29 is 14.9 Å². The van der Waals surface area contributed by atoms with Gasteiger partial charge in [-0.1, -0.05) is 76.9 Å². The van der Waals surface area contributed by atoms with Gasteiger partial charge in [-0.2, -0.15) is 0 Å². The van der Waals surface area contributed by atoms with Crippen molar-refractivity contribution in [3.05, 3.63) is 12.2 Å². The molecule has 162 valence electrons. The van der Waals surface area contributed by atoms with Gasteiger partial charge in [0.05, 0.1) is 19.3 Å². The lowest BCUT2D eigenvalue weighted by molar-refractivity contribution is 0.0350. The summed E-state index contributed by atoms with van der Waals surface area (Å²) in [6.07, 6.45) is 22.6. The number of rotatable bonds is 22. The maximum Gasteiger partial charge on any atom is 0.0897 e. The molecule has 0 saturated carbocycles. The Morgan fingerprint density at radius 2 is 1.37 bits per heavy atom. The molecule has 1 unspecified atom stereocenters. The summed E-state index contributed by atoms with van der Waals surface area (Å²) in [5.41, 5.74) is 0. The molecule has 27 heavy (non-hydrogen) atoms. The lowest BCUT2D eigenvalue weighted by atomic mass is 10.1. The molecule has 0 aliphatic carbocycles. The Labute approximate surface area is 168 Å². The van der Waals surface area contributed by atoms with Crippen molar-refractivity contribution in [2.24, 2.45) is 0 Å². The lowest BCUT2D eigenvalue weighted by Crippen LogP contribution is -2.32. The van der Waals surface area contributed by atoms with Gasteiger partial charge < -0.3 is 20.3 Å². The number of hydrogen-bond donors (Lipinski definition) is 3. The number of aliphatic hydroxyl groups excluding tert-OH is 2. The van der Waals surface area contributed by atoms with Crippen molar-refractivity contribution in [1.82, 2.24) is 5.32 Å². The third-order valence-electron chi connectivity index (χ3n) is 4.78. The van der Waals surface area contributed by atoms with E-state index in [1.807, 2.05) is 0 Å². The summed E-state index contributed by atoms with van der Waals surface area (Å²) in [5.74, 6) is 0. The minimum Gasteiger partial charge on any atom is -0.395 e. The van der Waals surface area contributed by atoms with Crippen molar-refractivity contribution in [2.75, 3.05) is 32.9 Å². The molecule has 0 fully saturated rings. The number of unbranched alkanes of at least 4 members (excludes halogenated alkanes) is 12. The third-order valence-corrected chi connectivity index (χ3v) is 4.78. The molecule has 3 N–H and O–H groups in total. The molecule has 4 heteroatoms. The molecule has 0 aliphatic rings. The van der Waals surface area contributed by atoms with E-state index >= 15 is 0 Å². The van der Waals surface area contributed by atoms with Crippen LogP contribution in [-0.2, 0) is 4.74 Å². The molecule has 0 aromatic rings. The van der Waals surface area contributed by atoms with Gasteiger partial charge in [0.2, 0.25) is 0 Å². The molecule has 0 aliphatic heterocycles. The van der Waals surface area contributed by atoms with Gasteiger partial charge in [0, 0.05) is 19.7 Å². The molecule has 0 spiro atoms. The monoisotopic (exact) mass is 385 g/mol. The summed E-state index contributed by atoms with van der Waals surface area (Å²) < 4.78 is 5.48. The number of nitrogens with one attached hydrogen (secondary N) is 1. The summed E-state index contributed by atoms with van der Waals surface area (Å²) in [6, 6.07) is 0. The number of hydrogen-bond acceptors (Lipinski definition) is 4. The van der Waals surface area contributed by atoms with Gasteiger partial charge in [0.1, 0.15) is 0 Å². The number of allylic oxidation sites excluding steroid dienone is 2. The van der Waals surface area contributed by atoms with E-state index in [2.05, 4.69) is 24.4 Å². The van der Waals surface area contributed by atoms with E-state index in [0.717, 1.165) is 13.0 Å². The second-order valence-electron chi connectivity index (χ2n) is 7.59. The zero-order chi connectivity index (χ0) is 19.8. The van der Waals surface area contributed by atoms with E-state index in [-0.39, 0.29) is 6.61 Å². The molecule has 0 bridgehead atoms. The van der Waals surface area contributed by atoms with Crippen LogP contribution in [0.5, 0.6) is 0 Å². The van der Waals surface area contributed by atoms with Crippen LogP contribution in [0.15, 0.2) is 12.2 Å². The number of ether oxygens (including phenoxy) is 1. The molecule has 0 rings (SSSR count). The quantitative estimate of drug-likeness (QED) is 0.182. The lowest BCUT2D eigenvalue weighted by Gasteiger charge is -2.11. The molecule has 4 nitrogen and oxygen atoms in total. The van der Waals surface area contributed by atoms with Crippen molar-refractivity contribution >= 4 is 0 Å². The Kier molecular flexibility index (Phi) is 23.3. The minimum atomic E-state index is -0.481. The van der Waals surface area contributed by atoms with Gasteiger partial charge in [-0.05, 0) is 32.1 Å². The smallest absolute Gasteiger partial charge is 0.0897 e. The predicted molar refractivity (Wildman–Crippen MR) is 116 cm³/mol. The minimum absolute atomic E-state index is 0.100. The standard InChI is InChI=1S/C23H47NO3/c1-2-3-4-5-6-7-8-9-10-11-12-13-14-15-16-17-20-27-22-23(26)21-24-18-19-25/h9-10,23-26H,2-8,11-22H2,1H3/b10-9-. The first-order chi connectivity index (χ1) is 13.3. The van der Waals surface area contributed by atoms with Crippen LogP contribution in [0.25, 0.3) is 0 Å². The van der Waals surface area contributed by atoms with Crippen molar-refractivity contribution in [1.29, 1.82) is 0 Å². The zero-order valence-corrected chi connectivity index (χ0v) is 18.0. The van der Waals surface area contributed by atoms with Crippen LogP contribution in [0.3, 0.4) is 0 Å². The Morgan fingerprint density at radius 3 is 1.96 bits per heavy atom. The second-order valence-corrected chi connectivity index (χ2v) is 7.59. The molecule has 0 amide bonds. The third kappa shape index (κ3) is 23.5. The van der Waals surface area contributed by atoms with Crippen LogP contribution in [0.1, 0.15) is 96.8 Å². The van der Waals surface area contributed by atoms with Crippen molar-refractivity contribution in [3.63, 3.8) is 0 Å². The molecule has 0 aromatic heterocycles. The zero-order valence-electron chi connectivity index (χ0n) is 18.0. The van der Waals surface area contributed by atoms with Gasteiger partial charge in [0.25, 0.3) is 0 Å². The highest BCUT2D eigenvalue weighted by Gasteiger charge is 2.02. The molecule has 0 saturated heterocycles. The van der Waals surface area contributed by atoms with Crippen LogP contribution in [0.4, 0.5) is 0 Å². The van der Waals surface area contributed by atoms with E-state index in [9.17, 15) is 5.11 Å². The fourth-order valence-corrected chi connectivity index (χ4v) is 3.08. The van der Waals surface area contributed by atoms with E-state index in [0.29, 0.717) is 19.7 Å². The fraction of sp³-hybridized carbons (Fsp3) is 0.913. The highest BCUT2D eigenvalue weighted by molar-refractivity contribution is 4.81. The fourth-order valence-electron chi connectivity index (χ4n) is 3.08. The average molecular weight is 386 g/mol. The molecule has 0 heterocycles. The van der Waals surface area contributed by atoms with Gasteiger partial charge in [-0.15, -0.1) is 0 Å². The summed E-state index contributed by atoms with van der Waals surface area (Å²) in [7, 11) is 0. The summed E-state index contributed by atoms with van der Waals surface area (Å²) in [4.78, 5) is 0. The Bertz CT molecular complexity index is 297. The molecule has 0 aromatic carbocycles. The maximum atomic E-state index is 9.64. The van der Waals surface area contributed by atoms with Crippen molar-refractivity contribution in [3.8, 4) is 0 Å². The maximum absolute atomic E-state index is 9.64. The first-order valence-electron chi connectivity index (χ1n) is 11.5. The van der Waals surface area contributed by atoms with Gasteiger partial charge in [-0.3, -0.25) is 0 Å². The molecule has 1 atom stereocenters. The SMILES string of the molecule is CCCCCCCC/C=C\CCCCCCCCOCC(O)CNCCO. The summed E-state index contributed by atoms with van der Waals surface area (Å²) >= 11 is 0. The number of aliphatic hydroxyl groups is 2. The topological polar surface area (TPSA) is 61.7 Å². The first kappa shape index (κ1) is 26.6. The Morgan fingerprint density at radius 1 is 0.815 bits per heavy atom. The summed E-state index contributed by atoms with van der Waals surface area (Å²) in [6.45, 7) is 4.48. The second kappa shape index (κ2) is 23.6. The van der Waals surface area contributed by atoms with E-state index < -0.39 is 6.10 Å². The normalized spacial score (nSPS) is 12.9. The molecular weight excluding hydrogens is 338 g/mol. The van der Waals surface area contributed by atoms with Crippen LogP contribution >= 0.6 is 0 Å². The van der Waals surface area contributed by atoms with Gasteiger partial charge in [-0.25, -0.2) is 0 Å². The highest BCUT2D eigenvalue weighted by Crippen LogP contribution is 2.10. The van der Waals surface area contributed by atoms with Crippen LogP contribution in [-0.4, -0.2) is 49.2 Å². The van der Waals surface area contributed by atoms with Gasteiger partial charge >= 0.3 is 0 Å². The average Bonchev–Trinajstić information content (AvgIpc) is 2.67. The van der Waals surface area contributed by atoms with E-state index in [4.69, 9.17) is 9.84 Å². The first-order valence-corrected chi connectivity index (χ1v) is 11.5. The van der Waals surface area contributed by atoms with Gasteiger partial charge in [0.15, 0.2) is 0 Å². The van der Waals surface area contributed by atoms with Crippen molar-refractivity contribution in [2.45, 2.75) is 103 Å². The van der Waals surface area contributed by atoms with Crippen LogP contribution in [0.2, 0.25) is 0 Å². The molecular formula is C23H47NO3. The summed E-state index contributed by atoms with van der Waals surface area (Å²) in [5, 5.41) is 21.2. The van der Waals surface area contributed by atoms with Crippen LogP contribution in [0, 0.1) is 0 Å². The van der Waals surface area contributed by atoms with E-state index in [1.165, 1.54) is 83.5 Å². The van der Waals surface area contributed by atoms with Crippen LogP contribution < -0.4 is 5.32 Å². The largest absolute Gasteiger partial charge is 0.395 e. The molecule has 0 radical (unpaired) electrons. The Hall–Kier alpha value is -0.420.